The molecule has 3 rings (SSSR count). The molecule has 7 heteroatoms. The van der Waals surface area contributed by atoms with Crippen LogP contribution >= 0.6 is 11.8 Å². The van der Waals surface area contributed by atoms with Crippen LogP contribution in [0.5, 0.6) is 5.75 Å². The number of hydrogen-bond acceptors (Lipinski definition) is 5. The maximum absolute atomic E-state index is 12.5. The van der Waals surface area contributed by atoms with Gasteiger partial charge in [-0.25, -0.2) is 0 Å². The van der Waals surface area contributed by atoms with Crippen LogP contribution in [-0.4, -0.2) is 35.6 Å². The third-order valence-electron chi connectivity index (χ3n) is 4.20. The van der Waals surface area contributed by atoms with E-state index in [-0.39, 0.29) is 12.5 Å². The molecule has 1 heterocycles. The summed E-state index contributed by atoms with van der Waals surface area (Å²) in [4.78, 5) is 38.1. The molecule has 0 unspecified atom stereocenters. The lowest BCUT2D eigenvalue weighted by atomic mass is 10.1. The number of ether oxygens (including phenoxy) is 1. The van der Waals surface area contributed by atoms with Crippen molar-refractivity contribution in [1.29, 1.82) is 0 Å². The van der Waals surface area contributed by atoms with E-state index in [4.69, 9.17) is 4.74 Å². The van der Waals surface area contributed by atoms with Crippen molar-refractivity contribution in [2.24, 2.45) is 0 Å². The Bertz CT molecular complexity index is 920. The van der Waals surface area contributed by atoms with Gasteiger partial charge in [0.25, 0.3) is 11.1 Å². The predicted molar refractivity (Wildman–Crippen MR) is 109 cm³/mol. The summed E-state index contributed by atoms with van der Waals surface area (Å²) in [6.45, 7) is 2.04. The monoisotopic (exact) mass is 396 g/mol. The lowest BCUT2D eigenvalue weighted by Gasteiger charge is -2.12. The highest BCUT2D eigenvalue weighted by Gasteiger charge is 2.36. The largest absolute Gasteiger partial charge is 0.497 e. The molecule has 1 N–H and O–H groups in total. The molecular formula is C21H20N2O4S. The van der Waals surface area contributed by atoms with Gasteiger partial charge in [0.05, 0.1) is 12.0 Å². The van der Waals surface area contributed by atoms with Gasteiger partial charge in [-0.15, -0.1) is 0 Å². The first kappa shape index (κ1) is 19.7. The van der Waals surface area contributed by atoms with Crippen LogP contribution in [-0.2, 0) is 16.1 Å². The minimum atomic E-state index is -0.462. The fourth-order valence-corrected chi connectivity index (χ4v) is 3.43. The zero-order valence-electron chi connectivity index (χ0n) is 15.6. The standard InChI is InChI=1S/C21H20N2O4S/c1-14-3-5-16(6-4-14)12-22-19(24)13-23-20(25)18(28-21(23)26)11-15-7-9-17(27-2)10-8-15/h3-11H,12-13H2,1-2H3,(H,22,24)/b18-11-. The number of thioether (sulfide) groups is 1. The van der Waals surface area contributed by atoms with E-state index >= 15 is 0 Å². The molecule has 0 bridgehead atoms. The van der Waals surface area contributed by atoms with E-state index in [1.807, 2.05) is 31.2 Å². The SMILES string of the molecule is COc1ccc(/C=C2\SC(=O)N(CC(=O)NCc3ccc(C)cc3)C2=O)cc1. The van der Waals surface area contributed by atoms with Crippen molar-refractivity contribution in [3.05, 3.63) is 70.1 Å². The normalized spacial score (nSPS) is 15.2. The van der Waals surface area contributed by atoms with Crippen LogP contribution in [0.4, 0.5) is 4.79 Å². The smallest absolute Gasteiger partial charge is 0.294 e. The second-order valence-corrected chi connectivity index (χ2v) is 7.30. The number of nitrogens with zero attached hydrogens (tertiary/aromatic N) is 1. The second kappa shape index (κ2) is 8.75. The third kappa shape index (κ3) is 4.80. The lowest BCUT2D eigenvalue weighted by molar-refractivity contribution is -0.129. The number of imide groups is 1. The van der Waals surface area contributed by atoms with E-state index in [2.05, 4.69) is 5.32 Å². The highest BCUT2D eigenvalue weighted by molar-refractivity contribution is 8.18. The van der Waals surface area contributed by atoms with E-state index in [1.165, 1.54) is 0 Å². The highest BCUT2D eigenvalue weighted by Crippen LogP contribution is 2.32. The van der Waals surface area contributed by atoms with Crippen molar-refractivity contribution in [3.63, 3.8) is 0 Å². The minimum absolute atomic E-state index is 0.293. The van der Waals surface area contributed by atoms with Crippen molar-refractivity contribution < 1.29 is 19.1 Å². The molecule has 28 heavy (non-hydrogen) atoms. The van der Waals surface area contributed by atoms with Crippen molar-refractivity contribution >= 4 is 34.9 Å². The molecule has 0 atom stereocenters. The van der Waals surface area contributed by atoms with Crippen molar-refractivity contribution in [2.45, 2.75) is 13.5 Å². The zero-order valence-corrected chi connectivity index (χ0v) is 16.4. The number of aryl methyl sites for hydroxylation is 1. The van der Waals surface area contributed by atoms with Crippen molar-refractivity contribution in [2.75, 3.05) is 13.7 Å². The predicted octanol–water partition coefficient (Wildman–Crippen LogP) is 3.36. The number of hydrogen-bond donors (Lipinski definition) is 1. The molecule has 1 aliphatic rings. The van der Waals surface area contributed by atoms with E-state index in [9.17, 15) is 14.4 Å². The average molecular weight is 396 g/mol. The summed E-state index contributed by atoms with van der Waals surface area (Å²) in [5.74, 6) is -0.139. The Kier molecular flexibility index (Phi) is 6.16. The van der Waals surface area contributed by atoms with E-state index in [0.29, 0.717) is 17.2 Å². The molecule has 0 spiro atoms. The second-order valence-electron chi connectivity index (χ2n) is 6.30. The summed E-state index contributed by atoms with van der Waals surface area (Å²) in [5.41, 5.74) is 2.86. The van der Waals surface area contributed by atoms with Gasteiger partial charge in [0.2, 0.25) is 5.91 Å². The molecule has 0 aliphatic carbocycles. The quantitative estimate of drug-likeness (QED) is 0.758. The topological polar surface area (TPSA) is 75.7 Å². The Morgan fingerprint density at radius 1 is 1.11 bits per heavy atom. The van der Waals surface area contributed by atoms with Crippen LogP contribution in [0.15, 0.2) is 53.4 Å². The van der Waals surface area contributed by atoms with Gasteiger partial charge in [-0.3, -0.25) is 19.3 Å². The first-order valence-corrected chi connectivity index (χ1v) is 9.49. The molecule has 0 aromatic heterocycles. The van der Waals surface area contributed by atoms with Crippen LogP contribution in [0.2, 0.25) is 0 Å². The number of rotatable bonds is 6. The first-order chi connectivity index (χ1) is 13.5. The van der Waals surface area contributed by atoms with Gasteiger partial charge in [-0.05, 0) is 48.0 Å². The number of methoxy groups -OCH3 is 1. The number of nitrogens with one attached hydrogen (secondary N) is 1. The molecule has 2 aromatic rings. The Labute approximate surface area is 167 Å². The maximum Gasteiger partial charge on any atom is 0.294 e. The van der Waals surface area contributed by atoms with Gasteiger partial charge >= 0.3 is 0 Å². The molecule has 0 radical (unpaired) electrons. The Morgan fingerprint density at radius 2 is 1.79 bits per heavy atom. The minimum Gasteiger partial charge on any atom is -0.497 e. The lowest BCUT2D eigenvalue weighted by Crippen LogP contribution is -2.39. The molecule has 1 aliphatic heterocycles. The summed E-state index contributed by atoms with van der Waals surface area (Å²) < 4.78 is 5.10. The fraction of sp³-hybridized carbons (Fsp3) is 0.190. The molecular weight excluding hydrogens is 376 g/mol. The summed E-state index contributed by atoms with van der Waals surface area (Å²) >= 11 is 0.832. The summed E-state index contributed by atoms with van der Waals surface area (Å²) in [5, 5.41) is 2.29. The van der Waals surface area contributed by atoms with Crippen LogP contribution in [0.1, 0.15) is 16.7 Å². The number of amides is 3. The van der Waals surface area contributed by atoms with Gasteiger partial charge in [0.1, 0.15) is 12.3 Å². The molecule has 1 fully saturated rings. The number of carbonyl (C=O) groups is 3. The molecule has 6 nitrogen and oxygen atoms in total. The van der Waals surface area contributed by atoms with Gasteiger partial charge in [0.15, 0.2) is 0 Å². The summed E-state index contributed by atoms with van der Waals surface area (Å²) in [6.07, 6.45) is 1.63. The van der Waals surface area contributed by atoms with Crippen LogP contribution in [0, 0.1) is 6.92 Å². The fourth-order valence-electron chi connectivity index (χ4n) is 2.59. The van der Waals surface area contributed by atoms with Crippen molar-refractivity contribution in [1.82, 2.24) is 10.2 Å². The molecule has 144 valence electrons. The maximum atomic E-state index is 12.5. The van der Waals surface area contributed by atoms with Crippen molar-refractivity contribution in [3.8, 4) is 5.75 Å². The van der Waals surface area contributed by atoms with E-state index in [0.717, 1.165) is 33.4 Å². The van der Waals surface area contributed by atoms with Gasteiger partial charge in [-0.2, -0.15) is 0 Å². The molecule has 0 saturated carbocycles. The molecule has 2 aromatic carbocycles. The van der Waals surface area contributed by atoms with E-state index in [1.54, 1.807) is 37.5 Å². The van der Waals surface area contributed by atoms with Gasteiger partial charge in [0, 0.05) is 6.54 Å². The number of carbonyl (C=O) groups excluding carboxylic acids is 3. The van der Waals surface area contributed by atoms with Gasteiger partial charge < -0.3 is 10.1 Å². The van der Waals surface area contributed by atoms with Crippen LogP contribution in [0.25, 0.3) is 6.08 Å². The first-order valence-electron chi connectivity index (χ1n) is 8.68. The molecule has 3 amide bonds. The summed E-state index contributed by atoms with van der Waals surface area (Å²) in [6, 6.07) is 14.9. The Balaban J connectivity index is 1.60. The zero-order chi connectivity index (χ0) is 20.1. The van der Waals surface area contributed by atoms with Crippen LogP contribution in [0.3, 0.4) is 0 Å². The highest BCUT2D eigenvalue weighted by atomic mass is 32.2. The summed E-state index contributed by atoms with van der Waals surface area (Å²) in [7, 11) is 1.57. The Hall–Kier alpha value is -3.06. The third-order valence-corrected chi connectivity index (χ3v) is 5.11. The number of benzene rings is 2. The Morgan fingerprint density at radius 3 is 2.43 bits per heavy atom. The average Bonchev–Trinajstić information content (AvgIpc) is 2.95. The van der Waals surface area contributed by atoms with E-state index < -0.39 is 11.1 Å². The molecule has 1 saturated heterocycles. The van der Waals surface area contributed by atoms with Gasteiger partial charge in [-0.1, -0.05) is 42.0 Å². The van der Waals surface area contributed by atoms with Crippen LogP contribution < -0.4 is 10.1 Å².